The van der Waals surface area contributed by atoms with E-state index >= 15 is 0 Å². The van der Waals surface area contributed by atoms with Gasteiger partial charge in [-0.25, -0.2) is 0 Å². The molecule has 0 aromatic heterocycles. The standard InChI is InChI=1S/C37H34S2.C2H6/c1-24(29-16-9-12-27-11-5-4-6-15-33(27)29)19-22-35(38)37-18-10-17-36(39-37)28-20-21-32-25(2)30-13-7-8-14-31(30)26(3)34(32)23-28;1-2/h4-5,7-9,11-16,18-23,36,38H,6,10,17H2,1-3H3;1-2H3/b24-19+,35-22-;. The number of thioether (sulfide) groups is 1. The molecule has 41 heavy (non-hydrogen) atoms. The zero-order valence-electron chi connectivity index (χ0n) is 24.9. The van der Waals surface area contributed by atoms with Gasteiger partial charge in [0.25, 0.3) is 0 Å². The third kappa shape index (κ3) is 6.05. The quantitative estimate of drug-likeness (QED) is 0.144. The Kier molecular flexibility index (Phi) is 9.42. The number of thiol groups is 1. The van der Waals surface area contributed by atoms with Crippen molar-refractivity contribution < 1.29 is 0 Å². The monoisotopic (exact) mass is 572 g/mol. The van der Waals surface area contributed by atoms with Gasteiger partial charge in [-0.2, -0.15) is 0 Å². The Bertz CT molecular complexity index is 1850. The minimum Gasteiger partial charge on any atom is -0.142 e. The number of aryl methyl sites for hydroxylation is 2. The lowest BCUT2D eigenvalue weighted by atomic mass is 9.91. The van der Waals surface area contributed by atoms with Crippen LogP contribution in [-0.4, -0.2) is 0 Å². The molecule has 1 heterocycles. The molecule has 2 heteroatoms. The molecule has 0 saturated heterocycles. The highest BCUT2D eigenvalue weighted by atomic mass is 32.2. The van der Waals surface area contributed by atoms with Crippen LogP contribution in [0, 0.1) is 13.8 Å². The third-order valence-electron chi connectivity index (χ3n) is 8.16. The average Bonchev–Trinajstić information content (AvgIpc) is 3.29. The van der Waals surface area contributed by atoms with Gasteiger partial charge in [-0.05, 0) is 112 Å². The molecule has 0 N–H and O–H groups in total. The number of rotatable bonds is 4. The van der Waals surface area contributed by atoms with Crippen LogP contribution >= 0.6 is 24.4 Å². The maximum atomic E-state index is 4.96. The first-order valence-electron chi connectivity index (χ1n) is 14.8. The molecule has 1 atom stereocenters. The fourth-order valence-electron chi connectivity index (χ4n) is 5.96. The Morgan fingerprint density at radius 3 is 2.37 bits per heavy atom. The van der Waals surface area contributed by atoms with E-state index in [2.05, 4.69) is 124 Å². The SMILES string of the molecule is C/C(=C\C=C(/S)C1=CCCC(c2ccc3c(C)c4ccccc4c(C)c3c2)S1)c1cccc2c1=CCC=CC=2.CC. The molecular weight excluding hydrogens is 533 g/mol. The van der Waals surface area contributed by atoms with E-state index in [-0.39, 0.29) is 0 Å². The molecule has 0 spiro atoms. The van der Waals surface area contributed by atoms with Gasteiger partial charge in [-0.3, -0.25) is 0 Å². The van der Waals surface area contributed by atoms with Gasteiger partial charge in [0.1, 0.15) is 0 Å². The first kappa shape index (κ1) is 29.3. The lowest BCUT2D eigenvalue weighted by Gasteiger charge is -2.24. The second-order valence-corrected chi connectivity index (χ2v) is 12.3. The van der Waals surface area contributed by atoms with Gasteiger partial charge in [-0.1, -0.05) is 105 Å². The summed E-state index contributed by atoms with van der Waals surface area (Å²) in [6.45, 7) is 10.7. The highest BCUT2D eigenvalue weighted by Gasteiger charge is 2.20. The predicted octanol–water partition coefficient (Wildman–Crippen LogP) is 10.5. The van der Waals surface area contributed by atoms with Gasteiger partial charge in [0.05, 0.1) is 0 Å². The maximum absolute atomic E-state index is 4.96. The maximum Gasteiger partial charge on any atom is 0.0348 e. The van der Waals surface area contributed by atoms with Gasteiger partial charge in [-0.15, -0.1) is 24.4 Å². The van der Waals surface area contributed by atoms with E-state index < -0.39 is 0 Å². The van der Waals surface area contributed by atoms with Crippen LogP contribution < -0.4 is 10.4 Å². The van der Waals surface area contributed by atoms with Crippen molar-refractivity contribution in [2.24, 2.45) is 0 Å². The Morgan fingerprint density at radius 2 is 1.59 bits per heavy atom. The van der Waals surface area contributed by atoms with Crippen LogP contribution in [0.25, 0.3) is 39.3 Å². The van der Waals surface area contributed by atoms with Crippen molar-refractivity contribution in [2.75, 3.05) is 0 Å². The molecule has 4 aromatic rings. The van der Waals surface area contributed by atoms with Crippen LogP contribution in [0.4, 0.5) is 0 Å². The van der Waals surface area contributed by atoms with Crippen molar-refractivity contribution >= 4 is 63.7 Å². The summed E-state index contributed by atoms with van der Waals surface area (Å²) < 4.78 is 0. The lowest BCUT2D eigenvalue weighted by Crippen LogP contribution is -2.27. The summed E-state index contributed by atoms with van der Waals surface area (Å²) in [6.07, 6.45) is 18.8. The largest absolute Gasteiger partial charge is 0.142 e. The van der Waals surface area contributed by atoms with Crippen LogP contribution in [0.3, 0.4) is 0 Å². The van der Waals surface area contributed by atoms with Crippen LogP contribution in [0.2, 0.25) is 0 Å². The van der Waals surface area contributed by atoms with E-state index in [1.165, 1.54) is 64.7 Å². The number of fused-ring (bicyclic) bond motifs is 3. The molecule has 1 aliphatic carbocycles. The molecule has 1 unspecified atom stereocenters. The molecule has 0 bridgehead atoms. The number of hydrogen-bond acceptors (Lipinski definition) is 2. The number of benzene rings is 4. The Labute approximate surface area is 255 Å². The smallest absolute Gasteiger partial charge is 0.0348 e. The minimum absolute atomic E-state index is 0.434. The average molecular weight is 573 g/mol. The van der Waals surface area contributed by atoms with Gasteiger partial charge < -0.3 is 0 Å². The molecule has 0 nitrogen and oxygen atoms in total. The molecular formula is C39H40S2. The molecule has 0 saturated carbocycles. The summed E-state index contributed by atoms with van der Waals surface area (Å²) in [4.78, 5) is 2.32. The van der Waals surface area contributed by atoms with E-state index in [1.54, 1.807) is 0 Å². The normalized spacial score (nSPS) is 17.1. The number of allylic oxidation sites excluding steroid dienone is 6. The van der Waals surface area contributed by atoms with Crippen LogP contribution in [0.1, 0.15) is 67.5 Å². The third-order valence-corrected chi connectivity index (χ3v) is 10.1. The minimum atomic E-state index is 0.434. The number of hydrogen-bond donors (Lipinski definition) is 1. The highest BCUT2D eigenvalue weighted by molar-refractivity contribution is 8.04. The summed E-state index contributed by atoms with van der Waals surface area (Å²) in [5.74, 6) is 0. The Morgan fingerprint density at radius 1 is 0.854 bits per heavy atom. The van der Waals surface area contributed by atoms with Crippen molar-refractivity contribution in [3.63, 3.8) is 0 Å². The molecule has 4 aromatic carbocycles. The van der Waals surface area contributed by atoms with Gasteiger partial charge in [0, 0.05) is 15.1 Å². The Hall–Kier alpha value is -3.20. The van der Waals surface area contributed by atoms with Gasteiger partial charge in [0.15, 0.2) is 0 Å². The van der Waals surface area contributed by atoms with E-state index in [0.717, 1.165) is 24.2 Å². The van der Waals surface area contributed by atoms with Crippen molar-refractivity contribution in [1.29, 1.82) is 0 Å². The van der Waals surface area contributed by atoms with E-state index in [9.17, 15) is 0 Å². The van der Waals surface area contributed by atoms with Crippen LogP contribution in [0.5, 0.6) is 0 Å². The summed E-state index contributed by atoms with van der Waals surface area (Å²) in [5, 5.41) is 8.51. The molecule has 0 fully saturated rings. The Balaban J connectivity index is 0.00000165. The van der Waals surface area contributed by atoms with E-state index in [0.29, 0.717) is 5.25 Å². The first-order valence-corrected chi connectivity index (χ1v) is 16.2. The first-order chi connectivity index (χ1) is 20.0. The zero-order valence-corrected chi connectivity index (χ0v) is 26.6. The summed E-state index contributed by atoms with van der Waals surface area (Å²) in [5.41, 5.74) is 6.72. The molecule has 208 valence electrons. The second kappa shape index (κ2) is 13.2. The summed E-state index contributed by atoms with van der Waals surface area (Å²) in [7, 11) is 0. The van der Waals surface area contributed by atoms with Crippen LogP contribution in [-0.2, 0) is 0 Å². The van der Waals surface area contributed by atoms with Crippen molar-refractivity contribution in [3.8, 4) is 0 Å². The van der Waals surface area contributed by atoms with Crippen LogP contribution in [0.15, 0.2) is 101 Å². The summed E-state index contributed by atoms with van der Waals surface area (Å²) >= 11 is 6.92. The fourth-order valence-corrected chi connectivity index (χ4v) is 7.53. The molecule has 0 radical (unpaired) electrons. The van der Waals surface area contributed by atoms with Gasteiger partial charge >= 0.3 is 0 Å². The second-order valence-electron chi connectivity index (χ2n) is 10.6. The molecule has 1 aliphatic heterocycles. The van der Waals surface area contributed by atoms with Crippen molar-refractivity contribution in [3.05, 3.63) is 134 Å². The predicted molar refractivity (Wildman–Crippen MR) is 189 cm³/mol. The molecule has 0 amide bonds. The lowest BCUT2D eigenvalue weighted by molar-refractivity contribution is 0.815. The van der Waals surface area contributed by atoms with E-state index in [4.69, 9.17) is 12.6 Å². The molecule has 6 rings (SSSR count). The molecule has 2 aliphatic rings. The zero-order chi connectivity index (χ0) is 28.9. The highest BCUT2D eigenvalue weighted by Crippen LogP contribution is 2.46. The van der Waals surface area contributed by atoms with Gasteiger partial charge in [0.2, 0.25) is 0 Å². The van der Waals surface area contributed by atoms with Crippen molar-refractivity contribution in [1.82, 2.24) is 0 Å². The summed E-state index contributed by atoms with van der Waals surface area (Å²) in [6, 6.07) is 22.5. The topological polar surface area (TPSA) is 0 Å². The fraction of sp³-hybridized carbons (Fsp3) is 0.231. The van der Waals surface area contributed by atoms with E-state index in [1.807, 2.05) is 25.6 Å². The van der Waals surface area contributed by atoms with Crippen molar-refractivity contribution in [2.45, 2.75) is 59.1 Å².